The number of aromatic amines is 1. The summed E-state index contributed by atoms with van der Waals surface area (Å²) >= 11 is 6.24. The number of carbonyl (C=O) groups is 1. The van der Waals surface area contributed by atoms with Crippen LogP contribution in [0.3, 0.4) is 0 Å². The summed E-state index contributed by atoms with van der Waals surface area (Å²) in [5, 5.41) is 4.95. The van der Waals surface area contributed by atoms with Gasteiger partial charge in [0.05, 0.1) is 10.6 Å². The SMILES string of the molecule is CC(=O)c1nc(-c2cnc3[nH]ccc3c2Cl)no1. The molecule has 3 aromatic rings. The van der Waals surface area contributed by atoms with Gasteiger partial charge in [0.2, 0.25) is 11.6 Å². The van der Waals surface area contributed by atoms with E-state index in [1.165, 1.54) is 13.1 Å². The normalized spacial score (nSPS) is 11.0. The van der Waals surface area contributed by atoms with E-state index in [1.54, 1.807) is 12.3 Å². The van der Waals surface area contributed by atoms with Crippen molar-refractivity contribution in [1.29, 1.82) is 0 Å². The van der Waals surface area contributed by atoms with E-state index in [-0.39, 0.29) is 17.5 Å². The zero-order valence-electron chi connectivity index (χ0n) is 9.27. The molecule has 0 bridgehead atoms. The second-order valence-corrected chi connectivity index (χ2v) is 4.08. The standard InChI is InChI=1S/C11H7ClN4O2/c1-5(17)11-15-10(16-18-11)7-4-14-9-6(8(7)12)2-3-13-9/h2-4H,1H3,(H,13,14). The third-order valence-electron chi connectivity index (χ3n) is 2.49. The topological polar surface area (TPSA) is 84.7 Å². The zero-order chi connectivity index (χ0) is 12.7. The van der Waals surface area contributed by atoms with Crippen LogP contribution in [-0.2, 0) is 0 Å². The Morgan fingerprint density at radius 3 is 3.06 bits per heavy atom. The fourth-order valence-electron chi connectivity index (χ4n) is 1.61. The number of ketones is 1. The Morgan fingerprint density at radius 2 is 2.33 bits per heavy atom. The number of aromatic nitrogens is 4. The van der Waals surface area contributed by atoms with E-state index < -0.39 is 0 Å². The summed E-state index contributed by atoms with van der Waals surface area (Å²) < 4.78 is 4.82. The maximum atomic E-state index is 11.1. The predicted octanol–water partition coefficient (Wildman–Crippen LogP) is 2.47. The van der Waals surface area contributed by atoms with Gasteiger partial charge in [0.1, 0.15) is 5.65 Å². The predicted molar refractivity (Wildman–Crippen MR) is 64.4 cm³/mol. The first kappa shape index (κ1) is 10.9. The molecule has 3 aromatic heterocycles. The van der Waals surface area contributed by atoms with Crippen molar-refractivity contribution in [2.75, 3.05) is 0 Å². The van der Waals surface area contributed by atoms with Crippen LogP contribution < -0.4 is 0 Å². The van der Waals surface area contributed by atoms with Gasteiger partial charge in [-0.25, -0.2) is 4.98 Å². The fourth-order valence-corrected chi connectivity index (χ4v) is 1.89. The van der Waals surface area contributed by atoms with Gasteiger partial charge >= 0.3 is 0 Å². The summed E-state index contributed by atoms with van der Waals surface area (Å²) in [5.74, 6) is -0.0865. The van der Waals surface area contributed by atoms with Crippen molar-refractivity contribution in [2.45, 2.75) is 6.92 Å². The second kappa shape index (κ2) is 3.92. The number of fused-ring (bicyclic) bond motifs is 1. The minimum atomic E-state index is -0.291. The van der Waals surface area contributed by atoms with E-state index >= 15 is 0 Å². The fraction of sp³-hybridized carbons (Fsp3) is 0.0909. The smallest absolute Gasteiger partial charge is 0.294 e. The number of pyridine rings is 1. The lowest BCUT2D eigenvalue weighted by Gasteiger charge is -1.99. The highest BCUT2D eigenvalue weighted by Gasteiger charge is 2.16. The average Bonchev–Trinajstić information content (AvgIpc) is 2.97. The summed E-state index contributed by atoms with van der Waals surface area (Å²) in [6, 6.07) is 1.81. The minimum Gasteiger partial charge on any atom is -0.346 e. The van der Waals surface area contributed by atoms with Crippen molar-refractivity contribution in [2.24, 2.45) is 0 Å². The third-order valence-corrected chi connectivity index (χ3v) is 2.90. The van der Waals surface area contributed by atoms with Gasteiger partial charge in [-0.3, -0.25) is 4.79 Å². The lowest BCUT2D eigenvalue weighted by atomic mass is 10.2. The maximum Gasteiger partial charge on any atom is 0.294 e. The molecule has 0 aliphatic heterocycles. The maximum absolute atomic E-state index is 11.1. The summed E-state index contributed by atoms with van der Waals surface area (Å²) in [7, 11) is 0. The van der Waals surface area contributed by atoms with E-state index in [0.29, 0.717) is 16.2 Å². The molecule has 0 spiro atoms. The molecule has 3 heterocycles. The number of halogens is 1. The molecule has 0 fully saturated rings. The number of rotatable bonds is 2. The number of carbonyl (C=O) groups excluding carboxylic acids is 1. The van der Waals surface area contributed by atoms with Crippen molar-refractivity contribution >= 4 is 28.4 Å². The zero-order valence-corrected chi connectivity index (χ0v) is 10.0. The Balaban J connectivity index is 2.18. The Morgan fingerprint density at radius 1 is 1.50 bits per heavy atom. The minimum absolute atomic E-state index is 0.0461. The first-order chi connectivity index (χ1) is 8.66. The Kier molecular flexibility index (Phi) is 2.38. The van der Waals surface area contributed by atoms with Crippen LogP contribution in [0.5, 0.6) is 0 Å². The summed E-state index contributed by atoms with van der Waals surface area (Å²) in [6.45, 7) is 1.35. The highest BCUT2D eigenvalue weighted by molar-refractivity contribution is 6.37. The molecule has 7 heteroatoms. The van der Waals surface area contributed by atoms with Crippen LogP contribution in [0.15, 0.2) is 23.0 Å². The molecule has 3 rings (SSSR count). The third kappa shape index (κ3) is 1.58. The molecule has 90 valence electrons. The summed E-state index contributed by atoms with van der Waals surface area (Å²) in [4.78, 5) is 22.2. The number of hydrogen-bond donors (Lipinski definition) is 1. The van der Waals surface area contributed by atoms with Crippen molar-refractivity contribution in [1.82, 2.24) is 20.1 Å². The quantitative estimate of drug-likeness (QED) is 0.717. The largest absolute Gasteiger partial charge is 0.346 e. The number of Topliss-reactive ketones (excluding diaryl/α,β-unsaturated/α-hetero) is 1. The van der Waals surface area contributed by atoms with Crippen LogP contribution in [0.2, 0.25) is 5.02 Å². The van der Waals surface area contributed by atoms with Gasteiger partial charge in [0.15, 0.2) is 0 Å². The van der Waals surface area contributed by atoms with Gasteiger partial charge < -0.3 is 9.51 Å². The van der Waals surface area contributed by atoms with Gasteiger partial charge in [-0.2, -0.15) is 4.98 Å². The van der Waals surface area contributed by atoms with Gasteiger partial charge in [-0.1, -0.05) is 16.8 Å². The molecular formula is C11H7ClN4O2. The Bertz CT molecular complexity index is 746. The van der Waals surface area contributed by atoms with Crippen LogP contribution in [0.4, 0.5) is 0 Å². The Hall–Kier alpha value is -2.21. The van der Waals surface area contributed by atoms with Crippen LogP contribution in [0, 0.1) is 0 Å². The summed E-state index contributed by atoms with van der Waals surface area (Å²) in [5.41, 5.74) is 1.21. The molecule has 0 aromatic carbocycles. The van der Waals surface area contributed by atoms with Crippen molar-refractivity contribution in [3.8, 4) is 11.4 Å². The van der Waals surface area contributed by atoms with E-state index in [1.807, 2.05) is 0 Å². The molecule has 0 saturated heterocycles. The van der Waals surface area contributed by atoms with E-state index in [2.05, 4.69) is 20.1 Å². The molecular weight excluding hydrogens is 256 g/mol. The highest BCUT2D eigenvalue weighted by Crippen LogP contribution is 2.30. The number of H-pyrrole nitrogens is 1. The molecule has 18 heavy (non-hydrogen) atoms. The Labute approximate surface area is 106 Å². The van der Waals surface area contributed by atoms with Crippen LogP contribution in [-0.4, -0.2) is 25.9 Å². The molecule has 0 atom stereocenters. The molecule has 0 aliphatic rings. The number of nitrogens with zero attached hydrogens (tertiary/aromatic N) is 3. The van der Waals surface area contributed by atoms with Crippen LogP contribution in [0.25, 0.3) is 22.4 Å². The monoisotopic (exact) mass is 262 g/mol. The molecule has 6 nitrogen and oxygen atoms in total. The lowest BCUT2D eigenvalue weighted by Crippen LogP contribution is -1.92. The summed E-state index contributed by atoms with van der Waals surface area (Å²) in [6.07, 6.45) is 3.28. The van der Waals surface area contributed by atoms with Gasteiger partial charge in [0, 0.05) is 24.7 Å². The lowest BCUT2D eigenvalue weighted by molar-refractivity contribution is 0.0972. The number of hydrogen-bond acceptors (Lipinski definition) is 5. The van der Waals surface area contributed by atoms with Crippen molar-refractivity contribution < 1.29 is 9.32 Å². The molecule has 0 amide bonds. The van der Waals surface area contributed by atoms with Gasteiger partial charge in [-0.15, -0.1) is 0 Å². The molecule has 0 unspecified atom stereocenters. The number of nitrogens with one attached hydrogen (secondary N) is 1. The van der Waals surface area contributed by atoms with E-state index in [0.717, 1.165) is 5.39 Å². The van der Waals surface area contributed by atoms with Crippen LogP contribution in [0.1, 0.15) is 17.6 Å². The van der Waals surface area contributed by atoms with E-state index in [9.17, 15) is 4.79 Å². The molecule has 0 saturated carbocycles. The van der Waals surface area contributed by atoms with Crippen molar-refractivity contribution in [3.63, 3.8) is 0 Å². The van der Waals surface area contributed by atoms with Crippen molar-refractivity contribution in [3.05, 3.63) is 29.4 Å². The van der Waals surface area contributed by atoms with E-state index in [4.69, 9.17) is 16.1 Å². The first-order valence-corrected chi connectivity index (χ1v) is 5.51. The second-order valence-electron chi connectivity index (χ2n) is 3.71. The highest BCUT2D eigenvalue weighted by atomic mass is 35.5. The van der Waals surface area contributed by atoms with Gasteiger partial charge in [-0.05, 0) is 6.07 Å². The van der Waals surface area contributed by atoms with Crippen LogP contribution >= 0.6 is 11.6 Å². The van der Waals surface area contributed by atoms with Gasteiger partial charge in [0.25, 0.3) is 5.89 Å². The first-order valence-electron chi connectivity index (χ1n) is 5.13. The molecule has 0 aliphatic carbocycles. The average molecular weight is 263 g/mol. The molecule has 0 radical (unpaired) electrons. The molecule has 1 N–H and O–H groups in total.